The van der Waals surface area contributed by atoms with E-state index < -0.39 is 0 Å². The summed E-state index contributed by atoms with van der Waals surface area (Å²) in [5.41, 5.74) is 4.57. The number of aromatic nitrogens is 2. The zero-order valence-corrected chi connectivity index (χ0v) is 15.6. The number of nitrogens with one attached hydrogen (secondary N) is 1. The van der Waals surface area contributed by atoms with Crippen molar-refractivity contribution in [1.82, 2.24) is 14.9 Å². The summed E-state index contributed by atoms with van der Waals surface area (Å²) in [5.74, 6) is 0. The van der Waals surface area contributed by atoms with Crippen molar-refractivity contribution < 1.29 is 0 Å². The fourth-order valence-electron chi connectivity index (χ4n) is 2.97. The maximum Gasteiger partial charge on any atom is 0.125 e. The van der Waals surface area contributed by atoms with Crippen molar-refractivity contribution in [3.8, 4) is 10.4 Å². The first-order valence-electron chi connectivity index (χ1n) is 8.49. The lowest BCUT2D eigenvalue weighted by Gasteiger charge is -2.10. The topological polar surface area (TPSA) is 41.0 Å². The second kappa shape index (κ2) is 7.23. The molecule has 0 saturated carbocycles. The standard InChI is InChI=1S/C21H20N4S/c1-25(2)14-15-5-3-6-16(11-15)20-12-18-19(8-10-23-21(18)26-20)24-17-7-4-9-22-13-17/h3-13H,14H2,1-2H3,(H,23,24). The van der Waals surface area contributed by atoms with Gasteiger partial charge in [0.05, 0.1) is 17.6 Å². The van der Waals surface area contributed by atoms with E-state index in [1.165, 1.54) is 16.0 Å². The molecule has 0 aliphatic heterocycles. The highest BCUT2D eigenvalue weighted by atomic mass is 32.1. The molecule has 0 fully saturated rings. The van der Waals surface area contributed by atoms with Crippen LogP contribution in [-0.4, -0.2) is 29.0 Å². The number of hydrogen-bond donors (Lipinski definition) is 1. The Labute approximate surface area is 157 Å². The number of fused-ring (bicyclic) bond motifs is 1. The van der Waals surface area contributed by atoms with E-state index in [-0.39, 0.29) is 0 Å². The zero-order valence-electron chi connectivity index (χ0n) is 14.8. The third kappa shape index (κ3) is 3.59. The molecule has 0 aliphatic carbocycles. The Morgan fingerprint density at radius 2 is 1.96 bits per heavy atom. The summed E-state index contributed by atoms with van der Waals surface area (Å²) in [5, 5.41) is 4.58. The second-order valence-corrected chi connectivity index (χ2v) is 7.52. The lowest BCUT2D eigenvalue weighted by atomic mass is 10.1. The lowest BCUT2D eigenvalue weighted by molar-refractivity contribution is 0.402. The highest BCUT2D eigenvalue weighted by Crippen LogP contribution is 2.36. The van der Waals surface area contributed by atoms with Crippen LogP contribution >= 0.6 is 11.3 Å². The molecule has 0 saturated heterocycles. The second-order valence-electron chi connectivity index (χ2n) is 6.49. The predicted molar refractivity (Wildman–Crippen MR) is 110 cm³/mol. The third-order valence-corrected chi connectivity index (χ3v) is 5.18. The third-order valence-electron chi connectivity index (χ3n) is 4.09. The number of benzene rings is 1. The Balaban J connectivity index is 1.71. The van der Waals surface area contributed by atoms with Crippen LogP contribution in [0.15, 0.2) is 67.1 Å². The summed E-state index contributed by atoms with van der Waals surface area (Å²) in [7, 11) is 4.18. The van der Waals surface area contributed by atoms with Gasteiger partial charge in [-0.3, -0.25) is 4.98 Å². The Kier molecular flexibility index (Phi) is 4.65. The van der Waals surface area contributed by atoms with Crippen LogP contribution in [0.3, 0.4) is 0 Å². The number of nitrogens with zero attached hydrogens (tertiary/aromatic N) is 3. The molecule has 0 atom stereocenters. The van der Waals surface area contributed by atoms with Gasteiger partial charge < -0.3 is 10.2 Å². The first kappa shape index (κ1) is 16.7. The molecule has 4 aromatic rings. The summed E-state index contributed by atoms with van der Waals surface area (Å²) >= 11 is 1.72. The van der Waals surface area contributed by atoms with E-state index in [1.807, 2.05) is 30.6 Å². The quantitative estimate of drug-likeness (QED) is 0.533. The molecule has 0 bridgehead atoms. The molecule has 0 spiro atoms. The first-order chi connectivity index (χ1) is 12.7. The van der Waals surface area contributed by atoms with Gasteiger partial charge in [0, 0.05) is 29.2 Å². The van der Waals surface area contributed by atoms with E-state index in [0.717, 1.165) is 28.1 Å². The van der Waals surface area contributed by atoms with Gasteiger partial charge in [0.25, 0.3) is 0 Å². The van der Waals surface area contributed by atoms with Crippen molar-refractivity contribution in [1.29, 1.82) is 0 Å². The molecule has 3 aromatic heterocycles. The number of hydrogen-bond acceptors (Lipinski definition) is 5. The van der Waals surface area contributed by atoms with Gasteiger partial charge in [-0.05, 0) is 55.6 Å². The molecule has 3 heterocycles. The molecular formula is C21H20N4S. The highest BCUT2D eigenvalue weighted by molar-refractivity contribution is 7.21. The van der Waals surface area contributed by atoms with E-state index in [0.29, 0.717) is 0 Å². The van der Waals surface area contributed by atoms with Crippen LogP contribution in [0.5, 0.6) is 0 Å². The number of pyridine rings is 2. The normalized spacial score (nSPS) is 11.2. The van der Waals surface area contributed by atoms with E-state index in [1.54, 1.807) is 17.5 Å². The molecular weight excluding hydrogens is 340 g/mol. The summed E-state index contributed by atoms with van der Waals surface area (Å²) in [6, 6.07) is 16.9. The fraction of sp³-hybridized carbons (Fsp3) is 0.143. The maximum atomic E-state index is 4.56. The zero-order chi connectivity index (χ0) is 17.9. The smallest absolute Gasteiger partial charge is 0.125 e. The summed E-state index contributed by atoms with van der Waals surface area (Å²) in [4.78, 5) is 13.2. The highest BCUT2D eigenvalue weighted by Gasteiger charge is 2.10. The minimum Gasteiger partial charge on any atom is -0.354 e. The van der Waals surface area contributed by atoms with Crippen LogP contribution in [0.25, 0.3) is 20.7 Å². The Hall–Kier alpha value is -2.76. The molecule has 5 heteroatoms. The monoisotopic (exact) mass is 360 g/mol. The molecule has 4 rings (SSSR count). The van der Waals surface area contributed by atoms with Gasteiger partial charge in [-0.15, -0.1) is 11.3 Å². The van der Waals surface area contributed by atoms with Crippen molar-refractivity contribution in [2.75, 3.05) is 19.4 Å². The van der Waals surface area contributed by atoms with Gasteiger partial charge in [-0.25, -0.2) is 4.98 Å². The van der Waals surface area contributed by atoms with Crippen LogP contribution in [0.2, 0.25) is 0 Å². The summed E-state index contributed by atoms with van der Waals surface area (Å²) in [6.45, 7) is 0.935. The van der Waals surface area contributed by atoms with Crippen LogP contribution in [0.4, 0.5) is 11.4 Å². The molecule has 0 unspecified atom stereocenters. The van der Waals surface area contributed by atoms with Crippen molar-refractivity contribution in [2.24, 2.45) is 0 Å². The number of anilines is 2. The molecule has 1 aromatic carbocycles. The average Bonchev–Trinajstić information content (AvgIpc) is 3.08. The van der Waals surface area contributed by atoms with E-state index in [4.69, 9.17) is 0 Å². The molecule has 0 radical (unpaired) electrons. The van der Waals surface area contributed by atoms with E-state index in [9.17, 15) is 0 Å². The van der Waals surface area contributed by atoms with Crippen LogP contribution in [0.1, 0.15) is 5.56 Å². The van der Waals surface area contributed by atoms with Gasteiger partial charge >= 0.3 is 0 Å². The number of rotatable bonds is 5. The van der Waals surface area contributed by atoms with Gasteiger partial charge in [-0.1, -0.05) is 18.2 Å². The SMILES string of the molecule is CN(C)Cc1cccc(-c2cc3c(Nc4cccnc4)ccnc3s2)c1. The van der Waals surface area contributed by atoms with E-state index in [2.05, 4.69) is 64.6 Å². The predicted octanol–water partition coefficient (Wildman–Crippen LogP) is 5.16. The minimum absolute atomic E-state index is 0.935. The van der Waals surface area contributed by atoms with Gasteiger partial charge in [0.15, 0.2) is 0 Å². The Morgan fingerprint density at radius 3 is 2.77 bits per heavy atom. The maximum absolute atomic E-state index is 4.56. The lowest BCUT2D eigenvalue weighted by Crippen LogP contribution is -2.10. The fourth-order valence-corrected chi connectivity index (χ4v) is 3.99. The van der Waals surface area contributed by atoms with Crippen LogP contribution in [0, 0.1) is 0 Å². The molecule has 1 N–H and O–H groups in total. The summed E-state index contributed by atoms with van der Waals surface area (Å²) < 4.78 is 0. The van der Waals surface area contributed by atoms with Crippen molar-refractivity contribution >= 4 is 32.9 Å². The van der Waals surface area contributed by atoms with Gasteiger partial charge in [0.1, 0.15) is 4.83 Å². The molecule has 0 aliphatic rings. The van der Waals surface area contributed by atoms with Crippen molar-refractivity contribution in [3.63, 3.8) is 0 Å². The van der Waals surface area contributed by atoms with E-state index >= 15 is 0 Å². The average molecular weight is 360 g/mol. The molecule has 4 nitrogen and oxygen atoms in total. The summed E-state index contributed by atoms with van der Waals surface area (Å²) in [6.07, 6.45) is 5.45. The number of thiophene rings is 1. The van der Waals surface area contributed by atoms with Crippen LogP contribution < -0.4 is 5.32 Å². The largest absolute Gasteiger partial charge is 0.354 e. The first-order valence-corrected chi connectivity index (χ1v) is 9.30. The minimum atomic E-state index is 0.935. The van der Waals surface area contributed by atoms with Crippen LogP contribution in [-0.2, 0) is 6.54 Å². The molecule has 0 amide bonds. The Morgan fingerprint density at radius 1 is 1.04 bits per heavy atom. The van der Waals surface area contributed by atoms with Gasteiger partial charge in [-0.2, -0.15) is 0 Å². The van der Waals surface area contributed by atoms with Gasteiger partial charge in [0.2, 0.25) is 0 Å². The molecule has 130 valence electrons. The van der Waals surface area contributed by atoms with Crippen molar-refractivity contribution in [2.45, 2.75) is 6.54 Å². The Bertz CT molecular complexity index is 1020. The molecule has 26 heavy (non-hydrogen) atoms. The van der Waals surface area contributed by atoms with Crippen molar-refractivity contribution in [3.05, 3.63) is 72.7 Å².